The third-order valence-corrected chi connectivity index (χ3v) is 3.19. The lowest BCUT2D eigenvalue weighted by atomic mass is 10.2. The van der Waals surface area contributed by atoms with Gasteiger partial charge < -0.3 is 5.32 Å². The predicted molar refractivity (Wildman–Crippen MR) is 77.4 cm³/mol. The normalized spacial score (nSPS) is 10.9. The number of nitrogens with one attached hydrogen (secondary N) is 2. The topological polar surface area (TPSA) is 75.1 Å². The summed E-state index contributed by atoms with van der Waals surface area (Å²) in [4.78, 5) is 20.9. The van der Waals surface area contributed by atoms with Gasteiger partial charge in [-0.3, -0.25) is 9.89 Å². The second-order valence-electron chi connectivity index (χ2n) is 4.53. The molecule has 0 unspecified atom stereocenters. The van der Waals surface area contributed by atoms with E-state index in [4.69, 9.17) is 0 Å². The van der Waals surface area contributed by atoms with Gasteiger partial charge in [-0.05, 0) is 25.5 Å². The number of benzene rings is 1. The molecule has 0 radical (unpaired) electrons. The molecule has 0 spiro atoms. The van der Waals surface area contributed by atoms with E-state index in [0.717, 1.165) is 11.4 Å². The zero-order valence-corrected chi connectivity index (χ0v) is 11.3. The van der Waals surface area contributed by atoms with E-state index in [1.54, 1.807) is 0 Å². The second kappa shape index (κ2) is 4.80. The molecule has 2 aromatic heterocycles. The van der Waals surface area contributed by atoms with E-state index >= 15 is 0 Å². The molecular formula is C14H15N5O. The number of H-pyrrole nitrogens is 1. The van der Waals surface area contributed by atoms with E-state index in [2.05, 4.69) is 20.4 Å². The molecule has 0 aliphatic carbocycles. The van der Waals surface area contributed by atoms with Gasteiger partial charge >= 0.3 is 0 Å². The molecule has 0 atom stereocenters. The molecule has 2 N–H and O–H groups in total. The quantitative estimate of drug-likeness (QED) is 0.763. The van der Waals surface area contributed by atoms with E-state index in [1.165, 1.54) is 4.52 Å². The summed E-state index contributed by atoms with van der Waals surface area (Å²) in [6, 6.07) is 9.63. The molecule has 0 amide bonds. The highest BCUT2D eigenvalue weighted by Crippen LogP contribution is 2.12. The molecule has 1 aromatic carbocycles. The maximum absolute atomic E-state index is 12.3. The molecule has 0 bridgehead atoms. The number of hydrogen-bond donors (Lipinski definition) is 2. The Morgan fingerprint density at radius 1 is 1.25 bits per heavy atom. The lowest BCUT2D eigenvalue weighted by Gasteiger charge is -2.00. The van der Waals surface area contributed by atoms with Crippen molar-refractivity contribution in [3.05, 3.63) is 51.9 Å². The number of anilines is 2. The number of aryl methyl sites for hydroxylation is 1. The molecule has 0 saturated carbocycles. The smallest absolute Gasteiger partial charge is 0.277 e. The highest BCUT2D eigenvalue weighted by molar-refractivity contribution is 5.54. The molecule has 0 fully saturated rings. The van der Waals surface area contributed by atoms with Crippen molar-refractivity contribution in [2.24, 2.45) is 0 Å². The molecule has 102 valence electrons. The second-order valence-corrected chi connectivity index (χ2v) is 4.53. The van der Waals surface area contributed by atoms with E-state index in [-0.39, 0.29) is 5.56 Å². The molecule has 3 aromatic rings. The number of para-hydroxylation sites is 1. The minimum atomic E-state index is -0.0939. The van der Waals surface area contributed by atoms with Crippen LogP contribution in [-0.2, 0) is 6.42 Å². The van der Waals surface area contributed by atoms with Crippen molar-refractivity contribution in [2.45, 2.75) is 20.3 Å². The fourth-order valence-electron chi connectivity index (χ4n) is 2.18. The van der Waals surface area contributed by atoms with Crippen LogP contribution in [0.4, 0.5) is 11.6 Å². The minimum absolute atomic E-state index is 0.0939. The largest absolute Gasteiger partial charge is 0.325 e. The first kappa shape index (κ1) is 12.4. The highest BCUT2D eigenvalue weighted by Gasteiger charge is 2.11. The zero-order valence-electron chi connectivity index (χ0n) is 11.3. The average Bonchev–Trinajstić information content (AvgIpc) is 2.83. The number of aromatic amines is 1. The van der Waals surface area contributed by atoms with Gasteiger partial charge in [0.2, 0.25) is 5.95 Å². The molecule has 0 saturated heterocycles. The Labute approximate surface area is 115 Å². The molecule has 0 aliphatic heterocycles. The Morgan fingerprint density at radius 3 is 2.70 bits per heavy atom. The highest BCUT2D eigenvalue weighted by atomic mass is 16.1. The summed E-state index contributed by atoms with van der Waals surface area (Å²) in [5.41, 5.74) is 2.24. The monoisotopic (exact) mass is 269 g/mol. The summed E-state index contributed by atoms with van der Waals surface area (Å²) in [7, 11) is 0. The van der Waals surface area contributed by atoms with Crippen LogP contribution >= 0.6 is 0 Å². The van der Waals surface area contributed by atoms with Crippen molar-refractivity contribution >= 4 is 17.4 Å². The maximum atomic E-state index is 12.3. The Hall–Kier alpha value is -2.63. The summed E-state index contributed by atoms with van der Waals surface area (Å²) in [6.45, 7) is 3.77. The lowest BCUT2D eigenvalue weighted by molar-refractivity contribution is 0.854. The Balaban J connectivity index is 2.07. The number of aromatic nitrogens is 4. The van der Waals surface area contributed by atoms with E-state index in [0.29, 0.717) is 23.7 Å². The van der Waals surface area contributed by atoms with Crippen LogP contribution in [0, 0.1) is 6.92 Å². The molecular weight excluding hydrogens is 254 g/mol. The molecule has 20 heavy (non-hydrogen) atoms. The minimum Gasteiger partial charge on any atom is -0.325 e. The van der Waals surface area contributed by atoms with Crippen LogP contribution < -0.4 is 10.9 Å². The fraction of sp³-hybridized carbons (Fsp3) is 0.214. The fourth-order valence-corrected chi connectivity index (χ4v) is 2.18. The van der Waals surface area contributed by atoms with E-state index < -0.39 is 0 Å². The van der Waals surface area contributed by atoms with Gasteiger partial charge in [-0.1, -0.05) is 25.1 Å². The van der Waals surface area contributed by atoms with E-state index in [9.17, 15) is 4.79 Å². The van der Waals surface area contributed by atoms with Crippen LogP contribution in [0.3, 0.4) is 0 Å². The first-order valence-electron chi connectivity index (χ1n) is 6.49. The van der Waals surface area contributed by atoms with Crippen LogP contribution in [0.5, 0.6) is 0 Å². The molecule has 2 heterocycles. The first-order valence-corrected chi connectivity index (χ1v) is 6.49. The first-order chi connectivity index (χ1) is 9.69. The maximum Gasteiger partial charge on any atom is 0.277 e. The Bertz CT molecular complexity index is 804. The van der Waals surface area contributed by atoms with Crippen molar-refractivity contribution in [3.8, 4) is 0 Å². The average molecular weight is 269 g/mol. The Kier molecular flexibility index (Phi) is 2.98. The van der Waals surface area contributed by atoms with Crippen molar-refractivity contribution in [2.75, 3.05) is 5.32 Å². The van der Waals surface area contributed by atoms with Gasteiger partial charge in [-0.15, -0.1) is 0 Å². The van der Waals surface area contributed by atoms with Gasteiger partial charge in [0.05, 0.1) is 5.69 Å². The van der Waals surface area contributed by atoms with Crippen LogP contribution in [0.25, 0.3) is 5.78 Å². The van der Waals surface area contributed by atoms with Gasteiger partial charge in [-0.2, -0.15) is 9.50 Å². The lowest BCUT2D eigenvalue weighted by Crippen LogP contribution is -2.21. The van der Waals surface area contributed by atoms with Gasteiger partial charge in [0, 0.05) is 11.3 Å². The summed E-state index contributed by atoms with van der Waals surface area (Å²) in [6.07, 6.45) is 0.654. The summed E-state index contributed by atoms with van der Waals surface area (Å²) >= 11 is 0. The molecule has 0 aliphatic rings. The number of hydrogen-bond acceptors (Lipinski definition) is 4. The SMILES string of the molecule is CCc1c(C)nc2nc(Nc3ccccc3)[nH]n2c1=O. The predicted octanol–water partition coefficient (Wildman–Crippen LogP) is 2.03. The molecule has 3 rings (SSSR count). The molecule has 6 nitrogen and oxygen atoms in total. The number of fused-ring (bicyclic) bond motifs is 1. The standard InChI is InChI=1S/C14H15N5O/c1-3-11-9(2)15-14-17-13(18-19(14)12(11)20)16-10-7-5-4-6-8-10/h4-8H,3H2,1-2H3,(H2,15,16,17,18). The van der Waals surface area contributed by atoms with Crippen LogP contribution in [-0.4, -0.2) is 19.6 Å². The number of rotatable bonds is 3. The zero-order chi connectivity index (χ0) is 14.1. The van der Waals surface area contributed by atoms with Gasteiger partial charge in [-0.25, -0.2) is 4.98 Å². The van der Waals surface area contributed by atoms with Crippen molar-refractivity contribution in [3.63, 3.8) is 0 Å². The summed E-state index contributed by atoms with van der Waals surface area (Å²) < 4.78 is 1.37. The Morgan fingerprint density at radius 2 is 2.00 bits per heavy atom. The third kappa shape index (κ3) is 2.05. The summed E-state index contributed by atoms with van der Waals surface area (Å²) in [5.74, 6) is 0.872. The van der Waals surface area contributed by atoms with Gasteiger partial charge in [0.1, 0.15) is 0 Å². The van der Waals surface area contributed by atoms with Crippen molar-refractivity contribution < 1.29 is 0 Å². The number of nitrogens with zero attached hydrogens (tertiary/aromatic N) is 3. The van der Waals surface area contributed by atoms with Crippen LogP contribution in [0.15, 0.2) is 35.1 Å². The van der Waals surface area contributed by atoms with Crippen molar-refractivity contribution in [1.82, 2.24) is 19.6 Å². The van der Waals surface area contributed by atoms with E-state index in [1.807, 2.05) is 44.2 Å². The summed E-state index contributed by atoms with van der Waals surface area (Å²) in [5, 5.41) is 6.04. The third-order valence-electron chi connectivity index (χ3n) is 3.19. The van der Waals surface area contributed by atoms with Crippen molar-refractivity contribution in [1.29, 1.82) is 0 Å². The molecule has 6 heteroatoms. The van der Waals surface area contributed by atoms with Gasteiger partial charge in [0.25, 0.3) is 11.3 Å². The van der Waals surface area contributed by atoms with Crippen LogP contribution in [0.1, 0.15) is 18.2 Å². The van der Waals surface area contributed by atoms with Gasteiger partial charge in [0.15, 0.2) is 0 Å². The van der Waals surface area contributed by atoms with Crippen LogP contribution in [0.2, 0.25) is 0 Å².